The van der Waals surface area contributed by atoms with Crippen molar-refractivity contribution in [1.82, 2.24) is 4.83 Å². The lowest BCUT2D eigenvalue weighted by atomic mass is 10.1. The van der Waals surface area contributed by atoms with Gasteiger partial charge in [-0.3, -0.25) is 10.1 Å². The number of ether oxygens (including phenoxy) is 1. The number of nitro groups is 1. The molecule has 0 atom stereocenters. The Morgan fingerprint density at radius 2 is 1.93 bits per heavy atom. The molecule has 9 nitrogen and oxygen atoms in total. The lowest BCUT2D eigenvalue weighted by Crippen LogP contribution is -2.18. The van der Waals surface area contributed by atoms with Gasteiger partial charge in [-0.1, -0.05) is 12.1 Å². The molecule has 0 aliphatic rings. The molecule has 150 valence electrons. The zero-order chi connectivity index (χ0) is 20.9. The summed E-state index contributed by atoms with van der Waals surface area (Å²) in [4.78, 5) is 12.5. The van der Waals surface area contributed by atoms with Crippen LogP contribution < -0.4 is 9.57 Å². The van der Waals surface area contributed by atoms with Crippen molar-refractivity contribution in [3.63, 3.8) is 0 Å². The fraction of sp³-hybridized carbons (Fsp3) is 0.105. The zero-order valence-corrected chi connectivity index (χ0v) is 16.1. The Morgan fingerprint density at radius 1 is 1.17 bits per heavy atom. The molecule has 0 amide bonds. The molecular weight excluding hydrogens is 398 g/mol. The molecule has 1 heterocycles. The molecule has 0 aliphatic carbocycles. The van der Waals surface area contributed by atoms with E-state index in [4.69, 9.17) is 9.15 Å². The Balaban J connectivity index is 1.69. The van der Waals surface area contributed by atoms with E-state index in [0.29, 0.717) is 23.7 Å². The highest BCUT2D eigenvalue weighted by Crippen LogP contribution is 2.25. The van der Waals surface area contributed by atoms with Crippen molar-refractivity contribution in [3.05, 3.63) is 76.5 Å². The maximum atomic E-state index is 12.3. The minimum atomic E-state index is -3.84. The third-order valence-electron chi connectivity index (χ3n) is 3.78. The molecular formula is C19H17N3O6S. The van der Waals surface area contributed by atoms with Gasteiger partial charge in [-0.05, 0) is 43.3 Å². The van der Waals surface area contributed by atoms with Crippen molar-refractivity contribution in [1.29, 1.82) is 0 Å². The summed E-state index contributed by atoms with van der Waals surface area (Å²) in [5, 5.41) is 14.6. The highest BCUT2D eigenvalue weighted by atomic mass is 32.2. The van der Waals surface area contributed by atoms with Gasteiger partial charge in [0.1, 0.15) is 17.3 Å². The molecule has 0 fully saturated rings. The van der Waals surface area contributed by atoms with E-state index in [1.807, 2.05) is 6.92 Å². The molecule has 10 heteroatoms. The van der Waals surface area contributed by atoms with Gasteiger partial charge in [0, 0.05) is 17.7 Å². The van der Waals surface area contributed by atoms with Crippen molar-refractivity contribution in [3.8, 4) is 17.1 Å². The standard InChI is InChI=1S/C19H17N3O6S/c1-2-27-16-6-9-18(10-7-16)29(25,26)21-20-13-17-8-11-19(28-17)14-4-3-5-15(12-14)22(23)24/h3-13,21H,2H2,1H3/b20-13-. The summed E-state index contributed by atoms with van der Waals surface area (Å²) in [6, 6.07) is 15.1. The number of furan rings is 1. The average molecular weight is 415 g/mol. The van der Waals surface area contributed by atoms with E-state index in [0.717, 1.165) is 0 Å². The topological polar surface area (TPSA) is 124 Å². The van der Waals surface area contributed by atoms with E-state index < -0.39 is 14.9 Å². The number of benzene rings is 2. The summed E-state index contributed by atoms with van der Waals surface area (Å²) in [6.45, 7) is 2.32. The quantitative estimate of drug-likeness (QED) is 0.341. The maximum Gasteiger partial charge on any atom is 0.276 e. The Labute approximate surface area is 166 Å². The van der Waals surface area contributed by atoms with Gasteiger partial charge < -0.3 is 9.15 Å². The summed E-state index contributed by atoms with van der Waals surface area (Å²) < 4.78 is 35.3. The first-order valence-corrected chi connectivity index (χ1v) is 10.00. The van der Waals surface area contributed by atoms with Crippen LogP contribution in [0.15, 0.2) is 75.1 Å². The van der Waals surface area contributed by atoms with Crippen LogP contribution in [0.4, 0.5) is 5.69 Å². The van der Waals surface area contributed by atoms with Crippen molar-refractivity contribution < 1.29 is 22.5 Å². The van der Waals surface area contributed by atoms with E-state index in [1.54, 1.807) is 36.4 Å². The van der Waals surface area contributed by atoms with Crippen LogP contribution in [-0.4, -0.2) is 26.2 Å². The summed E-state index contributed by atoms with van der Waals surface area (Å²) in [5.41, 5.74) is 0.464. The smallest absolute Gasteiger partial charge is 0.276 e. The number of sulfonamides is 1. The molecule has 3 rings (SSSR count). The Bertz CT molecular complexity index is 1140. The second-order valence-electron chi connectivity index (χ2n) is 5.77. The van der Waals surface area contributed by atoms with Crippen LogP contribution in [0.25, 0.3) is 11.3 Å². The van der Waals surface area contributed by atoms with Gasteiger partial charge in [0.15, 0.2) is 0 Å². The molecule has 2 aromatic carbocycles. The lowest BCUT2D eigenvalue weighted by Gasteiger charge is -2.05. The van der Waals surface area contributed by atoms with Gasteiger partial charge in [-0.2, -0.15) is 18.4 Å². The second-order valence-corrected chi connectivity index (χ2v) is 7.43. The highest BCUT2D eigenvalue weighted by Gasteiger charge is 2.13. The summed E-state index contributed by atoms with van der Waals surface area (Å²) >= 11 is 0. The fourth-order valence-electron chi connectivity index (χ4n) is 2.44. The SMILES string of the molecule is CCOc1ccc(S(=O)(=O)N/N=C\c2ccc(-c3cccc([N+](=O)[O-])c3)o2)cc1. The molecule has 0 radical (unpaired) electrons. The van der Waals surface area contributed by atoms with Crippen molar-refractivity contribution in [2.75, 3.05) is 6.61 Å². The van der Waals surface area contributed by atoms with E-state index in [1.165, 1.54) is 30.5 Å². The van der Waals surface area contributed by atoms with Crippen molar-refractivity contribution >= 4 is 21.9 Å². The lowest BCUT2D eigenvalue weighted by molar-refractivity contribution is -0.384. The third kappa shape index (κ3) is 4.99. The van der Waals surface area contributed by atoms with Gasteiger partial charge in [-0.25, -0.2) is 0 Å². The first kappa shape index (κ1) is 20.1. The van der Waals surface area contributed by atoms with Crippen LogP contribution in [0.1, 0.15) is 12.7 Å². The number of non-ortho nitro benzene ring substituents is 1. The minimum absolute atomic E-state index is 0.0369. The number of rotatable bonds is 8. The van der Waals surface area contributed by atoms with Crippen LogP contribution >= 0.6 is 0 Å². The first-order chi connectivity index (χ1) is 13.9. The molecule has 1 aromatic heterocycles. The molecule has 0 unspecified atom stereocenters. The minimum Gasteiger partial charge on any atom is -0.494 e. The predicted octanol–water partition coefficient (Wildman–Crippen LogP) is 3.57. The zero-order valence-electron chi connectivity index (χ0n) is 15.3. The van der Waals surface area contributed by atoms with Crippen molar-refractivity contribution in [2.24, 2.45) is 5.10 Å². The molecule has 0 bridgehead atoms. The third-order valence-corrected chi connectivity index (χ3v) is 5.02. The largest absolute Gasteiger partial charge is 0.494 e. The molecule has 29 heavy (non-hydrogen) atoms. The van der Waals surface area contributed by atoms with Gasteiger partial charge in [0.2, 0.25) is 0 Å². The van der Waals surface area contributed by atoms with E-state index >= 15 is 0 Å². The van der Waals surface area contributed by atoms with Crippen LogP contribution in [0.2, 0.25) is 0 Å². The highest BCUT2D eigenvalue weighted by molar-refractivity contribution is 7.89. The Kier molecular flexibility index (Phi) is 5.93. The van der Waals surface area contributed by atoms with Crippen LogP contribution in [-0.2, 0) is 10.0 Å². The van der Waals surface area contributed by atoms with E-state index in [-0.39, 0.29) is 16.3 Å². The number of hydrogen-bond acceptors (Lipinski definition) is 7. The maximum absolute atomic E-state index is 12.3. The molecule has 0 saturated carbocycles. The Morgan fingerprint density at radius 3 is 2.62 bits per heavy atom. The van der Waals surface area contributed by atoms with Gasteiger partial charge >= 0.3 is 0 Å². The molecule has 0 saturated heterocycles. The fourth-order valence-corrected chi connectivity index (χ4v) is 3.24. The van der Waals surface area contributed by atoms with Gasteiger partial charge in [-0.15, -0.1) is 0 Å². The van der Waals surface area contributed by atoms with E-state index in [9.17, 15) is 18.5 Å². The van der Waals surface area contributed by atoms with Crippen LogP contribution in [0.5, 0.6) is 5.75 Å². The molecule has 0 aliphatic heterocycles. The van der Waals surface area contributed by atoms with Crippen LogP contribution in [0.3, 0.4) is 0 Å². The number of hydrazone groups is 1. The summed E-state index contributed by atoms with van der Waals surface area (Å²) in [7, 11) is -3.84. The first-order valence-electron chi connectivity index (χ1n) is 8.51. The number of nitrogens with one attached hydrogen (secondary N) is 1. The van der Waals surface area contributed by atoms with Crippen LogP contribution in [0, 0.1) is 10.1 Å². The summed E-state index contributed by atoms with van der Waals surface area (Å²) in [6.07, 6.45) is 1.20. The number of nitrogens with zero attached hydrogens (tertiary/aromatic N) is 2. The number of nitro benzene ring substituents is 1. The van der Waals surface area contributed by atoms with Crippen molar-refractivity contribution in [2.45, 2.75) is 11.8 Å². The van der Waals surface area contributed by atoms with E-state index in [2.05, 4.69) is 9.93 Å². The van der Waals surface area contributed by atoms with Gasteiger partial charge in [0.25, 0.3) is 15.7 Å². The monoisotopic (exact) mass is 415 g/mol. The van der Waals surface area contributed by atoms with Gasteiger partial charge in [0.05, 0.1) is 22.6 Å². The normalized spacial score (nSPS) is 11.5. The average Bonchev–Trinajstić information content (AvgIpc) is 3.17. The predicted molar refractivity (Wildman–Crippen MR) is 106 cm³/mol. The molecule has 1 N–H and O–H groups in total. The molecule has 3 aromatic rings. The number of hydrogen-bond donors (Lipinski definition) is 1. The Hall–Kier alpha value is -3.66. The molecule has 0 spiro atoms. The summed E-state index contributed by atoms with van der Waals surface area (Å²) in [5.74, 6) is 1.24. The second kappa shape index (κ2) is 8.57.